The lowest BCUT2D eigenvalue weighted by Crippen LogP contribution is -2.59. The van der Waals surface area contributed by atoms with E-state index in [0.29, 0.717) is 19.3 Å². The number of rotatable bonds is 36. The van der Waals surface area contributed by atoms with Crippen LogP contribution >= 0.6 is 0 Å². The van der Waals surface area contributed by atoms with Gasteiger partial charge in [-0.25, -0.2) is 0 Å². The van der Waals surface area contributed by atoms with E-state index in [9.17, 15) is 30.0 Å². The van der Waals surface area contributed by atoms with E-state index >= 15 is 0 Å². The van der Waals surface area contributed by atoms with Crippen molar-refractivity contribution in [3.63, 3.8) is 0 Å². The molecule has 1 fully saturated rings. The van der Waals surface area contributed by atoms with Crippen molar-refractivity contribution in [1.82, 2.24) is 0 Å². The summed E-state index contributed by atoms with van der Waals surface area (Å²) in [5.41, 5.74) is 3.29. The van der Waals surface area contributed by atoms with Crippen molar-refractivity contribution in [2.75, 3.05) is 19.8 Å². The number of hydrogen-bond donors (Lipinski definition) is 4. The normalized spacial score (nSPS) is 20.3. The van der Waals surface area contributed by atoms with E-state index in [4.69, 9.17) is 18.9 Å². The van der Waals surface area contributed by atoms with Gasteiger partial charge in [-0.3, -0.25) is 9.59 Å². The fraction of sp³-hybridized carbons (Fsp3) is 0.766. The van der Waals surface area contributed by atoms with Crippen LogP contribution in [0.5, 0.6) is 0 Å². The third-order valence-corrected chi connectivity index (χ3v) is 9.96. The Morgan fingerprint density at radius 1 is 0.596 bits per heavy atom. The molecule has 328 valence electrons. The van der Waals surface area contributed by atoms with Crippen LogP contribution in [0.15, 0.2) is 54.3 Å². The minimum atomic E-state index is -1.61. The Morgan fingerprint density at radius 3 is 1.70 bits per heavy atom. The predicted octanol–water partition coefficient (Wildman–Crippen LogP) is 9.43. The van der Waals surface area contributed by atoms with Crippen molar-refractivity contribution in [3.8, 4) is 0 Å². The van der Waals surface area contributed by atoms with Crippen LogP contribution in [-0.4, -0.2) is 89.0 Å². The summed E-state index contributed by atoms with van der Waals surface area (Å²) in [6.45, 7) is 3.32. The van der Waals surface area contributed by atoms with E-state index < -0.39 is 55.4 Å². The molecule has 0 aromatic carbocycles. The Morgan fingerprint density at radius 2 is 1.11 bits per heavy atom. The van der Waals surface area contributed by atoms with Gasteiger partial charge in [0.1, 0.15) is 31.0 Å². The molecule has 0 aromatic heterocycles. The molecule has 0 radical (unpaired) electrons. The van der Waals surface area contributed by atoms with E-state index in [2.05, 4.69) is 62.1 Å². The number of ether oxygens (including phenoxy) is 4. The first-order chi connectivity index (χ1) is 27.8. The summed E-state index contributed by atoms with van der Waals surface area (Å²) in [6.07, 6.45) is 34.7. The molecule has 4 N–H and O–H groups in total. The van der Waals surface area contributed by atoms with E-state index in [-0.39, 0.29) is 26.1 Å². The van der Waals surface area contributed by atoms with Crippen molar-refractivity contribution in [2.24, 2.45) is 0 Å². The Kier molecular flexibility index (Phi) is 34.7. The van der Waals surface area contributed by atoms with Crippen LogP contribution in [-0.2, 0) is 28.5 Å². The number of allylic oxidation sites excluding steroid dienone is 7. The zero-order valence-electron chi connectivity index (χ0n) is 35.6. The molecule has 1 rings (SSSR count). The van der Waals surface area contributed by atoms with Crippen molar-refractivity contribution in [3.05, 3.63) is 54.3 Å². The maximum Gasteiger partial charge on any atom is 0.306 e. The van der Waals surface area contributed by atoms with Gasteiger partial charge in [0.2, 0.25) is 0 Å². The van der Waals surface area contributed by atoms with Crippen molar-refractivity contribution < 1.29 is 49.0 Å². The van der Waals surface area contributed by atoms with Crippen LogP contribution in [0, 0.1) is 0 Å². The van der Waals surface area contributed by atoms with Crippen LogP contribution in [0.3, 0.4) is 0 Å². The van der Waals surface area contributed by atoms with Gasteiger partial charge in [-0.05, 0) is 82.8 Å². The summed E-state index contributed by atoms with van der Waals surface area (Å²) < 4.78 is 22.1. The largest absolute Gasteiger partial charge is 0.462 e. The summed E-state index contributed by atoms with van der Waals surface area (Å²) in [5.74, 6) is -0.891. The van der Waals surface area contributed by atoms with Crippen LogP contribution < -0.4 is 0 Å². The average molecular weight is 805 g/mol. The zero-order valence-corrected chi connectivity index (χ0v) is 35.6. The number of aliphatic hydroxyl groups is 4. The molecule has 0 saturated carbocycles. The molecule has 6 atom stereocenters. The second kappa shape index (κ2) is 37.7. The first-order valence-corrected chi connectivity index (χ1v) is 22.5. The van der Waals surface area contributed by atoms with Crippen LogP contribution in [0.1, 0.15) is 174 Å². The molecule has 2 unspecified atom stereocenters. The monoisotopic (exact) mass is 805 g/mol. The molecule has 0 spiro atoms. The molecule has 0 amide bonds. The highest BCUT2D eigenvalue weighted by molar-refractivity contribution is 5.70. The highest BCUT2D eigenvalue weighted by atomic mass is 16.7. The Hall–Kier alpha value is -2.56. The highest BCUT2D eigenvalue weighted by Gasteiger charge is 2.44. The molecular weight excluding hydrogens is 725 g/mol. The topological polar surface area (TPSA) is 152 Å². The number of unbranched alkanes of at least 4 members (excludes halogenated alkanes) is 17. The maximum absolute atomic E-state index is 12.7. The Labute approximate surface area is 345 Å². The first-order valence-electron chi connectivity index (χ1n) is 22.5. The van der Waals surface area contributed by atoms with Gasteiger partial charge in [0.05, 0.1) is 13.2 Å². The van der Waals surface area contributed by atoms with Gasteiger partial charge in [-0.2, -0.15) is 0 Å². The zero-order chi connectivity index (χ0) is 41.6. The summed E-state index contributed by atoms with van der Waals surface area (Å²) in [4.78, 5) is 25.3. The van der Waals surface area contributed by atoms with E-state index in [1.54, 1.807) is 0 Å². The van der Waals surface area contributed by atoms with Gasteiger partial charge in [0.25, 0.3) is 0 Å². The molecule has 1 aliphatic heterocycles. The smallest absolute Gasteiger partial charge is 0.306 e. The molecule has 1 aliphatic rings. The van der Waals surface area contributed by atoms with Crippen LogP contribution in [0.25, 0.3) is 0 Å². The minimum absolute atomic E-state index is 0.152. The van der Waals surface area contributed by atoms with Gasteiger partial charge in [0, 0.05) is 12.8 Å². The van der Waals surface area contributed by atoms with Crippen LogP contribution in [0.4, 0.5) is 0 Å². The molecule has 1 saturated heterocycles. The minimum Gasteiger partial charge on any atom is -0.462 e. The van der Waals surface area contributed by atoms with Crippen molar-refractivity contribution >= 4 is 11.9 Å². The van der Waals surface area contributed by atoms with E-state index in [1.807, 2.05) is 6.08 Å². The predicted molar refractivity (Wildman–Crippen MR) is 227 cm³/mol. The summed E-state index contributed by atoms with van der Waals surface area (Å²) in [6, 6.07) is 0. The van der Waals surface area contributed by atoms with Gasteiger partial charge in [0.15, 0.2) is 12.4 Å². The lowest BCUT2D eigenvalue weighted by atomic mass is 9.99. The molecule has 1 heterocycles. The third kappa shape index (κ3) is 29.3. The second-order valence-corrected chi connectivity index (χ2v) is 15.2. The standard InChI is InChI=1S/C47H80O10/c1-3-5-7-9-11-13-15-17-19-20-22-24-26-28-30-32-34-36-43(50)56-40(39-55-47-46(53)45(52)44(51)41(37-48)57-47)38-54-42(49)35-33-31-29-27-25-23-21-18-16-14-12-10-8-6-4-2/h16-17,19,21-22,24,28,30,40-41,44-48,51-53H,3-15,20,23,25-27,29,31-39H2,1-2H3/b19-17+,24-22+,30-28+/t18?,40-,41-,44+,45?,46?,47-/m1/s1. The van der Waals surface area contributed by atoms with Crippen molar-refractivity contribution in [2.45, 2.75) is 211 Å². The quantitative estimate of drug-likeness (QED) is 0.0209. The number of hydrogen-bond acceptors (Lipinski definition) is 10. The first kappa shape index (κ1) is 52.5. The summed E-state index contributed by atoms with van der Waals surface area (Å²) in [7, 11) is 0. The van der Waals surface area contributed by atoms with Gasteiger partial charge >= 0.3 is 11.9 Å². The number of carbonyl (C=O) groups excluding carboxylic acids is 2. The number of aliphatic hydroxyl groups excluding tert-OH is 4. The number of carbonyl (C=O) groups is 2. The molecule has 10 heteroatoms. The summed E-state index contributed by atoms with van der Waals surface area (Å²) in [5, 5.41) is 40.0. The second-order valence-electron chi connectivity index (χ2n) is 15.2. The highest BCUT2D eigenvalue weighted by Crippen LogP contribution is 2.22. The van der Waals surface area contributed by atoms with Crippen LogP contribution in [0.2, 0.25) is 0 Å². The molecule has 0 aromatic rings. The van der Waals surface area contributed by atoms with Gasteiger partial charge in [-0.15, -0.1) is 5.73 Å². The molecule has 0 bridgehead atoms. The fourth-order valence-corrected chi connectivity index (χ4v) is 6.36. The van der Waals surface area contributed by atoms with E-state index in [1.165, 1.54) is 70.6 Å². The lowest BCUT2D eigenvalue weighted by Gasteiger charge is -2.39. The third-order valence-electron chi connectivity index (χ3n) is 9.96. The SMILES string of the molecule is CCCCCCCC=C=CCCCCCCCC(=O)OC[C@H](CO[C@@H]1O[C@H](CO)[C@H](O)C(O)C1O)OC(=O)CCC/C=C/C/C=C/C/C=C/CCCCCCCC. The van der Waals surface area contributed by atoms with E-state index in [0.717, 1.165) is 57.8 Å². The van der Waals surface area contributed by atoms with Gasteiger partial charge in [-0.1, -0.05) is 127 Å². The maximum atomic E-state index is 12.7. The molecule has 0 aliphatic carbocycles. The van der Waals surface area contributed by atoms with Crippen molar-refractivity contribution in [1.29, 1.82) is 0 Å². The molecular formula is C47H80O10. The molecule has 10 nitrogen and oxygen atoms in total. The molecule has 57 heavy (non-hydrogen) atoms. The Bertz CT molecular complexity index is 1130. The Balaban J connectivity index is 2.40. The average Bonchev–Trinajstić information content (AvgIpc) is 3.21. The fourth-order valence-electron chi connectivity index (χ4n) is 6.36. The number of esters is 2. The lowest BCUT2D eigenvalue weighted by molar-refractivity contribution is -0.305. The van der Waals surface area contributed by atoms with Gasteiger partial charge < -0.3 is 39.4 Å². The summed E-state index contributed by atoms with van der Waals surface area (Å²) >= 11 is 0.